The van der Waals surface area contributed by atoms with Crippen LogP contribution >= 0.6 is 11.6 Å². The first kappa shape index (κ1) is 7.44. The van der Waals surface area contributed by atoms with Gasteiger partial charge in [0.1, 0.15) is 0 Å². The molecule has 2 nitrogen and oxygen atoms in total. The molecule has 0 aliphatic carbocycles. The van der Waals surface area contributed by atoms with Gasteiger partial charge in [0.25, 0.3) is 0 Å². The van der Waals surface area contributed by atoms with Crippen molar-refractivity contribution in [2.75, 3.05) is 0 Å². The average molecular weight is 162 g/mol. The predicted octanol–water partition coefficient (Wildman–Crippen LogP) is 1.37. The highest BCUT2D eigenvalue weighted by atomic mass is 35.5. The Labute approximate surface area is 62.3 Å². The second-order valence-electron chi connectivity index (χ2n) is 1.76. The van der Waals surface area contributed by atoms with E-state index in [9.17, 15) is 4.39 Å². The van der Waals surface area contributed by atoms with Gasteiger partial charge >= 0.3 is 0 Å². The van der Waals surface area contributed by atoms with Crippen LogP contribution in [0.25, 0.3) is 0 Å². The predicted molar refractivity (Wildman–Crippen MR) is 35.1 cm³/mol. The highest BCUT2D eigenvalue weighted by molar-refractivity contribution is 6.31. The van der Waals surface area contributed by atoms with E-state index in [1.54, 1.807) is 0 Å². The van der Waals surface area contributed by atoms with Gasteiger partial charge in [-0.05, 0) is 0 Å². The number of hydrogen-bond acceptors (Lipinski definition) is 2. The Kier molecular flexibility index (Phi) is 2.19. The molecule has 10 heavy (non-hydrogen) atoms. The van der Waals surface area contributed by atoms with Crippen LogP contribution in [0.4, 0.5) is 4.39 Å². The van der Waals surface area contributed by atoms with Gasteiger partial charge in [-0.3, -0.25) is 0 Å². The minimum Gasteiger partial charge on any atom is -0.392 e. The van der Waals surface area contributed by atoms with Crippen LogP contribution in [0.3, 0.4) is 0 Å². The zero-order valence-corrected chi connectivity index (χ0v) is 5.77. The van der Waals surface area contributed by atoms with Gasteiger partial charge < -0.3 is 5.11 Å². The lowest BCUT2D eigenvalue weighted by molar-refractivity contribution is 0.281. The quantitative estimate of drug-likeness (QED) is 0.631. The lowest BCUT2D eigenvalue weighted by Gasteiger charge is -1.96. The van der Waals surface area contributed by atoms with Gasteiger partial charge in [-0.15, -0.1) is 0 Å². The fourth-order valence-corrected chi connectivity index (χ4v) is 0.736. The fourth-order valence-electron chi connectivity index (χ4n) is 0.572. The third-order valence-corrected chi connectivity index (χ3v) is 1.41. The van der Waals surface area contributed by atoms with Gasteiger partial charge in [0.2, 0.25) is 5.95 Å². The standard InChI is InChI=1S/C6H5ClFNO/c7-5-2-9-6(8)1-4(5)3-10/h1-2,10H,3H2. The van der Waals surface area contributed by atoms with Crippen LogP contribution in [0.1, 0.15) is 5.56 Å². The van der Waals surface area contributed by atoms with E-state index < -0.39 is 5.95 Å². The molecule has 0 aromatic carbocycles. The van der Waals surface area contributed by atoms with Gasteiger partial charge in [0, 0.05) is 17.8 Å². The maximum absolute atomic E-state index is 12.3. The van der Waals surface area contributed by atoms with Crippen molar-refractivity contribution in [2.24, 2.45) is 0 Å². The van der Waals surface area contributed by atoms with Crippen molar-refractivity contribution in [3.05, 3.63) is 28.8 Å². The van der Waals surface area contributed by atoms with Gasteiger partial charge in [-0.25, -0.2) is 4.98 Å². The SMILES string of the molecule is OCc1cc(F)ncc1Cl. The molecule has 1 rings (SSSR count). The molecular formula is C6H5ClFNO. The first-order chi connectivity index (χ1) is 4.74. The van der Waals surface area contributed by atoms with Crippen molar-refractivity contribution in [3.8, 4) is 0 Å². The molecule has 0 spiro atoms. The summed E-state index contributed by atoms with van der Waals surface area (Å²) in [7, 11) is 0. The molecule has 1 N–H and O–H groups in total. The summed E-state index contributed by atoms with van der Waals surface area (Å²) in [6.45, 7) is -0.266. The van der Waals surface area contributed by atoms with E-state index in [1.807, 2.05) is 0 Å². The Morgan fingerprint density at radius 3 is 2.90 bits per heavy atom. The number of aliphatic hydroxyl groups is 1. The fraction of sp³-hybridized carbons (Fsp3) is 0.167. The first-order valence-electron chi connectivity index (χ1n) is 2.65. The summed E-state index contributed by atoms with van der Waals surface area (Å²) in [6, 6.07) is 1.10. The molecule has 0 fully saturated rings. The number of hydrogen-bond donors (Lipinski definition) is 1. The average Bonchev–Trinajstić information content (AvgIpc) is 1.94. The molecule has 1 aromatic rings. The van der Waals surface area contributed by atoms with Crippen molar-refractivity contribution in [3.63, 3.8) is 0 Å². The molecule has 0 saturated carbocycles. The molecule has 1 aromatic heterocycles. The van der Waals surface area contributed by atoms with Crippen molar-refractivity contribution in [1.29, 1.82) is 0 Å². The summed E-state index contributed by atoms with van der Waals surface area (Å²) < 4.78 is 12.3. The maximum atomic E-state index is 12.3. The monoisotopic (exact) mass is 161 g/mol. The van der Waals surface area contributed by atoms with E-state index in [4.69, 9.17) is 16.7 Å². The number of aromatic nitrogens is 1. The van der Waals surface area contributed by atoms with E-state index in [2.05, 4.69) is 4.98 Å². The summed E-state index contributed by atoms with van der Waals surface area (Å²) in [5.41, 5.74) is 0.356. The van der Waals surface area contributed by atoms with Crippen LogP contribution in [0.5, 0.6) is 0 Å². The van der Waals surface area contributed by atoms with Crippen LogP contribution in [-0.2, 0) is 6.61 Å². The van der Waals surface area contributed by atoms with E-state index in [-0.39, 0.29) is 11.6 Å². The summed E-state index contributed by atoms with van der Waals surface area (Å²) in [5.74, 6) is -0.631. The zero-order chi connectivity index (χ0) is 7.56. The third kappa shape index (κ3) is 1.43. The molecule has 0 saturated heterocycles. The van der Waals surface area contributed by atoms with Gasteiger partial charge in [0.15, 0.2) is 0 Å². The van der Waals surface area contributed by atoms with E-state index >= 15 is 0 Å². The molecule has 0 aliphatic heterocycles. The van der Waals surface area contributed by atoms with E-state index in [0.717, 1.165) is 6.07 Å². The minimum absolute atomic E-state index is 0.266. The zero-order valence-electron chi connectivity index (χ0n) is 5.01. The van der Waals surface area contributed by atoms with Crippen LogP contribution in [-0.4, -0.2) is 10.1 Å². The lowest BCUT2D eigenvalue weighted by Crippen LogP contribution is -1.89. The van der Waals surface area contributed by atoms with Gasteiger partial charge in [0.05, 0.1) is 11.6 Å². The van der Waals surface area contributed by atoms with Gasteiger partial charge in [-0.1, -0.05) is 11.6 Å². The Balaban J connectivity index is 3.09. The second kappa shape index (κ2) is 2.94. The molecule has 0 atom stereocenters. The summed E-state index contributed by atoms with van der Waals surface area (Å²) in [5, 5.41) is 8.85. The van der Waals surface area contributed by atoms with Crippen LogP contribution < -0.4 is 0 Å². The third-order valence-electron chi connectivity index (χ3n) is 1.07. The van der Waals surface area contributed by atoms with Crippen molar-refractivity contribution < 1.29 is 9.50 Å². The molecule has 0 aliphatic rings. The highest BCUT2D eigenvalue weighted by Crippen LogP contribution is 2.14. The highest BCUT2D eigenvalue weighted by Gasteiger charge is 1.99. The van der Waals surface area contributed by atoms with Crippen molar-refractivity contribution in [2.45, 2.75) is 6.61 Å². The van der Waals surface area contributed by atoms with E-state index in [1.165, 1.54) is 6.20 Å². The lowest BCUT2D eigenvalue weighted by atomic mass is 10.3. The molecule has 0 unspecified atom stereocenters. The van der Waals surface area contributed by atoms with Crippen LogP contribution in [0, 0.1) is 5.95 Å². The van der Waals surface area contributed by atoms with Crippen LogP contribution in [0.2, 0.25) is 5.02 Å². The second-order valence-corrected chi connectivity index (χ2v) is 2.16. The number of halogens is 2. The largest absolute Gasteiger partial charge is 0.392 e. The summed E-state index contributed by atoms with van der Waals surface area (Å²) in [4.78, 5) is 3.28. The number of rotatable bonds is 1. The number of nitrogens with zero attached hydrogens (tertiary/aromatic N) is 1. The molecule has 4 heteroatoms. The normalized spacial score (nSPS) is 9.90. The Bertz CT molecular complexity index is 241. The van der Waals surface area contributed by atoms with E-state index in [0.29, 0.717) is 5.56 Å². The summed E-state index contributed by atoms with van der Waals surface area (Å²) in [6.07, 6.45) is 1.17. The molecular weight excluding hydrogens is 157 g/mol. The molecule has 54 valence electrons. The smallest absolute Gasteiger partial charge is 0.213 e. The molecule has 1 heterocycles. The number of pyridine rings is 1. The van der Waals surface area contributed by atoms with Crippen LogP contribution in [0.15, 0.2) is 12.3 Å². The molecule has 0 radical (unpaired) electrons. The Morgan fingerprint density at radius 1 is 1.70 bits per heavy atom. The molecule has 0 bridgehead atoms. The minimum atomic E-state index is -0.631. The van der Waals surface area contributed by atoms with Gasteiger partial charge in [-0.2, -0.15) is 4.39 Å². The Hall–Kier alpha value is -0.670. The topological polar surface area (TPSA) is 33.1 Å². The Morgan fingerprint density at radius 2 is 2.40 bits per heavy atom. The van der Waals surface area contributed by atoms with Crippen molar-refractivity contribution >= 4 is 11.6 Å². The number of aliphatic hydroxyl groups excluding tert-OH is 1. The summed E-state index contributed by atoms with van der Waals surface area (Å²) >= 11 is 5.51. The maximum Gasteiger partial charge on any atom is 0.213 e. The first-order valence-corrected chi connectivity index (χ1v) is 3.02. The van der Waals surface area contributed by atoms with Crippen molar-refractivity contribution in [1.82, 2.24) is 4.98 Å². The molecule has 0 amide bonds.